The van der Waals surface area contributed by atoms with Crippen LogP contribution in [-0.4, -0.2) is 34.5 Å². The fourth-order valence-electron chi connectivity index (χ4n) is 5.45. The molecule has 2 aromatic heterocycles. The maximum Gasteiger partial charge on any atom is 0.270 e. The lowest BCUT2D eigenvalue weighted by atomic mass is 9.87. The number of rotatable bonds is 8. The molecule has 1 N–H and O–H groups in total. The van der Waals surface area contributed by atoms with E-state index in [-0.39, 0.29) is 11.8 Å². The fourth-order valence-corrected chi connectivity index (χ4v) is 5.77. The molecule has 0 aliphatic heterocycles. The van der Waals surface area contributed by atoms with E-state index in [0.717, 1.165) is 44.6 Å². The Labute approximate surface area is 266 Å². The van der Waals surface area contributed by atoms with Crippen molar-refractivity contribution in [1.29, 1.82) is 0 Å². The summed E-state index contributed by atoms with van der Waals surface area (Å²) in [5.74, 6) is -0.344. The van der Waals surface area contributed by atoms with Crippen LogP contribution in [0.15, 0.2) is 110 Å². The van der Waals surface area contributed by atoms with Gasteiger partial charge in [0, 0.05) is 60.7 Å². The number of fused-ring (bicyclic) bond motifs is 1. The molecule has 4 aromatic carbocycles. The summed E-state index contributed by atoms with van der Waals surface area (Å²) in [6.07, 6.45) is 3.70. The average molecular weight is 621 g/mol. The average Bonchev–Trinajstić information content (AvgIpc) is 3.45. The molecule has 6 nitrogen and oxygen atoms in total. The van der Waals surface area contributed by atoms with Crippen LogP contribution in [-0.2, 0) is 13.6 Å². The summed E-state index contributed by atoms with van der Waals surface area (Å²) in [5, 5.41) is 5.25. The number of amides is 1. The van der Waals surface area contributed by atoms with Crippen LogP contribution in [0, 0.1) is 0 Å². The molecule has 1 amide bonds. The van der Waals surface area contributed by atoms with E-state index < -0.39 is 0 Å². The van der Waals surface area contributed by atoms with Gasteiger partial charge in [0.15, 0.2) is 0 Å². The first-order valence-electron chi connectivity index (χ1n) is 14.2. The number of benzene rings is 4. The van der Waals surface area contributed by atoms with Gasteiger partial charge in [0.2, 0.25) is 0 Å². The molecule has 1 unspecified atom stereocenters. The number of imidazole rings is 1. The van der Waals surface area contributed by atoms with Crippen molar-refractivity contribution in [3.8, 4) is 11.1 Å². The monoisotopic (exact) mass is 619 g/mol. The molecule has 0 saturated heterocycles. The Morgan fingerprint density at radius 1 is 0.886 bits per heavy atom. The Morgan fingerprint density at radius 2 is 1.64 bits per heavy atom. The highest BCUT2D eigenvalue weighted by Gasteiger charge is 2.22. The van der Waals surface area contributed by atoms with Gasteiger partial charge >= 0.3 is 0 Å². The molecule has 2 heterocycles. The number of nitrogens with one attached hydrogen (secondary N) is 1. The molecular weight excluding hydrogens is 589 g/mol. The summed E-state index contributed by atoms with van der Waals surface area (Å²) in [4.78, 5) is 24.7. The summed E-state index contributed by atoms with van der Waals surface area (Å²) in [7, 11) is 5.99. The van der Waals surface area contributed by atoms with Gasteiger partial charge in [0.1, 0.15) is 5.69 Å². The number of pyridine rings is 1. The van der Waals surface area contributed by atoms with Crippen molar-refractivity contribution in [2.75, 3.05) is 19.0 Å². The number of carbonyl (C=O) groups is 1. The number of aromatic nitrogens is 3. The van der Waals surface area contributed by atoms with Crippen molar-refractivity contribution in [2.45, 2.75) is 12.5 Å². The molecule has 0 fully saturated rings. The SMILES string of the molecule is CN(C)c1ccc(CNC(=O)c2cc(-c3cccc(Cl)c3)c3cc(C(c4ccc(Cl)cc4)c4cncn4C)ccc3n2)cc1. The predicted octanol–water partition coefficient (Wildman–Crippen LogP) is 8.12. The van der Waals surface area contributed by atoms with Gasteiger partial charge in [-0.3, -0.25) is 4.79 Å². The zero-order valence-electron chi connectivity index (χ0n) is 24.6. The van der Waals surface area contributed by atoms with Crippen LogP contribution in [0.1, 0.15) is 38.8 Å². The number of aryl methyl sites for hydroxylation is 1. The third kappa shape index (κ3) is 6.18. The zero-order chi connectivity index (χ0) is 30.8. The van der Waals surface area contributed by atoms with Crippen molar-refractivity contribution < 1.29 is 4.79 Å². The molecule has 220 valence electrons. The summed E-state index contributed by atoms with van der Waals surface area (Å²) in [6, 6.07) is 31.7. The molecule has 0 aliphatic carbocycles. The quantitative estimate of drug-likeness (QED) is 0.187. The zero-order valence-corrected chi connectivity index (χ0v) is 26.1. The third-order valence-electron chi connectivity index (χ3n) is 7.79. The van der Waals surface area contributed by atoms with E-state index in [2.05, 4.69) is 22.4 Å². The molecule has 6 rings (SSSR count). The van der Waals surface area contributed by atoms with Gasteiger partial charge in [-0.1, -0.05) is 65.7 Å². The predicted molar refractivity (Wildman–Crippen MR) is 180 cm³/mol. The molecule has 6 aromatic rings. The van der Waals surface area contributed by atoms with Crippen molar-refractivity contribution in [1.82, 2.24) is 19.9 Å². The van der Waals surface area contributed by atoms with Crippen molar-refractivity contribution in [2.24, 2.45) is 7.05 Å². The number of halogens is 2. The molecule has 0 radical (unpaired) electrons. The van der Waals surface area contributed by atoms with Crippen molar-refractivity contribution in [3.63, 3.8) is 0 Å². The Bertz CT molecular complexity index is 1950. The largest absolute Gasteiger partial charge is 0.378 e. The van der Waals surface area contributed by atoms with Crippen LogP contribution in [0.5, 0.6) is 0 Å². The summed E-state index contributed by atoms with van der Waals surface area (Å²) < 4.78 is 2.03. The Hall–Kier alpha value is -4.65. The van der Waals surface area contributed by atoms with E-state index >= 15 is 0 Å². The topological polar surface area (TPSA) is 63.1 Å². The van der Waals surface area contributed by atoms with Crippen LogP contribution in [0.2, 0.25) is 10.0 Å². The first kappa shape index (κ1) is 29.4. The Kier molecular flexibility index (Phi) is 8.38. The van der Waals surface area contributed by atoms with Gasteiger partial charge < -0.3 is 14.8 Å². The third-order valence-corrected chi connectivity index (χ3v) is 8.28. The number of anilines is 1. The maximum atomic E-state index is 13.4. The molecule has 0 saturated carbocycles. The van der Waals surface area contributed by atoms with Gasteiger partial charge in [-0.25, -0.2) is 9.97 Å². The molecule has 0 spiro atoms. The second-order valence-corrected chi connectivity index (χ2v) is 11.9. The van der Waals surface area contributed by atoms with E-state index in [9.17, 15) is 4.79 Å². The van der Waals surface area contributed by atoms with E-state index in [1.165, 1.54) is 0 Å². The summed E-state index contributed by atoms with van der Waals surface area (Å²) >= 11 is 12.7. The minimum Gasteiger partial charge on any atom is -0.378 e. The minimum atomic E-state index is -0.245. The number of hydrogen-bond donors (Lipinski definition) is 1. The summed E-state index contributed by atoms with van der Waals surface area (Å²) in [5.41, 5.74) is 8.13. The van der Waals surface area contributed by atoms with Crippen LogP contribution >= 0.6 is 23.2 Å². The molecule has 8 heteroatoms. The van der Waals surface area contributed by atoms with Crippen LogP contribution in [0.4, 0.5) is 5.69 Å². The molecule has 0 aliphatic rings. The van der Waals surface area contributed by atoms with Crippen LogP contribution in [0.3, 0.4) is 0 Å². The van der Waals surface area contributed by atoms with Gasteiger partial charge in [-0.2, -0.15) is 0 Å². The lowest BCUT2D eigenvalue weighted by Crippen LogP contribution is -2.24. The Morgan fingerprint density at radius 3 is 2.32 bits per heavy atom. The van der Waals surface area contributed by atoms with Gasteiger partial charge in [-0.05, 0) is 82.4 Å². The number of carbonyl (C=O) groups excluding carboxylic acids is 1. The fraction of sp³-hybridized carbons (Fsp3) is 0.139. The Balaban J connectivity index is 1.42. The van der Waals surface area contributed by atoms with Gasteiger partial charge in [-0.15, -0.1) is 0 Å². The van der Waals surface area contributed by atoms with E-state index in [0.29, 0.717) is 27.8 Å². The maximum absolute atomic E-state index is 13.4. The van der Waals surface area contributed by atoms with E-state index in [1.807, 2.05) is 122 Å². The van der Waals surface area contributed by atoms with Crippen LogP contribution in [0.25, 0.3) is 22.0 Å². The van der Waals surface area contributed by atoms with Gasteiger partial charge in [0.05, 0.1) is 17.8 Å². The van der Waals surface area contributed by atoms with Gasteiger partial charge in [0.25, 0.3) is 5.91 Å². The smallest absolute Gasteiger partial charge is 0.270 e. The molecule has 44 heavy (non-hydrogen) atoms. The lowest BCUT2D eigenvalue weighted by molar-refractivity contribution is 0.0946. The highest BCUT2D eigenvalue weighted by Crippen LogP contribution is 2.37. The van der Waals surface area contributed by atoms with E-state index in [4.69, 9.17) is 28.2 Å². The number of nitrogens with zero attached hydrogens (tertiary/aromatic N) is 4. The summed E-state index contributed by atoms with van der Waals surface area (Å²) in [6.45, 7) is 0.394. The normalized spacial score (nSPS) is 11.8. The van der Waals surface area contributed by atoms with E-state index in [1.54, 1.807) is 6.33 Å². The first-order chi connectivity index (χ1) is 21.3. The van der Waals surface area contributed by atoms with Crippen molar-refractivity contribution >= 4 is 45.7 Å². The lowest BCUT2D eigenvalue weighted by Gasteiger charge is -2.20. The molecular formula is C36H31Cl2N5O. The second-order valence-electron chi connectivity index (χ2n) is 11.0. The second kappa shape index (κ2) is 12.5. The standard InChI is InChI=1S/C36H31Cl2N5O/c1-42(2)29-14-7-23(8-15-29)20-40-36(44)33-19-30(25-5-4-6-28(38)17-25)31-18-26(11-16-32(31)41-33)35(34-21-39-22-43(34)3)24-9-12-27(37)13-10-24/h4-19,21-22,35H,20H2,1-3H3,(H,40,44). The highest BCUT2D eigenvalue weighted by atomic mass is 35.5. The minimum absolute atomic E-state index is 0.0989. The highest BCUT2D eigenvalue weighted by molar-refractivity contribution is 6.31. The van der Waals surface area contributed by atoms with Crippen LogP contribution < -0.4 is 10.2 Å². The van der Waals surface area contributed by atoms with Crippen molar-refractivity contribution in [3.05, 3.63) is 148 Å². The number of hydrogen-bond acceptors (Lipinski definition) is 4. The first-order valence-corrected chi connectivity index (χ1v) is 15.0. The molecule has 0 bridgehead atoms. The molecule has 1 atom stereocenters.